The minimum absolute atomic E-state index is 0.222. The summed E-state index contributed by atoms with van der Waals surface area (Å²) >= 11 is 0. The Morgan fingerprint density at radius 1 is 0.444 bits per heavy atom. The summed E-state index contributed by atoms with van der Waals surface area (Å²) in [5.74, 6) is 2.02. The number of hydrogen-bond acceptors (Lipinski definition) is 11. The second-order valence-corrected chi connectivity index (χ2v) is 6.98. The second-order valence-electron chi connectivity index (χ2n) is 6.98. The maximum atomic E-state index is 10.5. The minimum atomic E-state index is -0.373. The summed E-state index contributed by atoms with van der Waals surface area (Å²) in [5.41, 5.74) is 5.00. The Bertz CT molecular complexity index is 491. The van der Waals surface area contributed by atoms with E-state index in [2.05, 4.69) is 5.92 Å². The zero-order valence-corrected chi connectivity index (χ0v) is 21.5. The first kappa shape index (κ1) is 34.6. The van der Waals surface area contributed by atoms with Crippen LogP contribution in [0.1, 0.15) is 6.42 Å². The Kier molecular flexibility index (Phi) is 30.5. The Morgan fingerprint density at radius 2 is 0.667 bits per heavy atom. The van der Waals surface area contributed by atoms with Crippen molar-refractivity contribution in [3.05, 3.63) is 0 Å². The minimum Gasteiger partial charge on any atom is -0.379 e. The van der Waals surface area contributed by atoms with Gasteiger partial charge in [0.05, 0.1) is 126 Å². The van der Waals surface area contributed by atoms with Gasteiger partial charge in [0.25, 0.3) is 0 Å². The normalized spacial score (nSPS) is 11.1. The van der Waals surface area contributed by atoms with Crippen molar-refractivity contribution in [3.63, 3.8) is 0 Å². The van der Waals surface area contributed by atoms with E-state index in [1.165, 1.54) is 0 Å². The van der Waals surface area contributed by atoms with Crippen molar-refractivity contribution in [2.75, 3.05) is 132 Å². The molecule has 0 aromatic carbocycles. The highest BCUT2D eigenvalue weighted by Crippen LogP contribution is 1.87. The van der Waals surface area contributed by atoms with Crippen molar-refractivity contribution in [1.82, 2.24) is 0 Å². The largest absolute Gasteiger partial charge is 0.379 e. The standard InChI is InChI=1S/C24H45NO11/c1-2-4-27-6-8-29-10-12-31-14-16-33-18-20-35-22-23-36-21-19-34-17-15-32-13-11-30-9-7-28-5-3-24(25)26/h1H,3-23H2,(H2,25,26). The van der Waals surface area contributed by atoms with Crippen LogP contribution in [0.25, 0.3) is 0 Å². The van der Waals surface area contributed by atoms with Crippen molar-refractivity contribution >= 4 is 5.91 Å². The Balaban J connectivity index is 3.02. The van der Waals surface area contributed by atoms with Crippen molar-refractivity contribution in [2.45, 2.75) is 6.42 Å². The first-order valence-electron chi connectivity index (χ1n) is 12.3. The van der Waals surface area contributed by atoms with Crippen LogP contribution in [-0.4, -0.2) is 138 Å². The molecule has 0 aliphatic carbocycles. The predicted molar refractivity (Wildman–Crippen MR) is 131 cm³/mol. The van der Waals surface area contributed by atoms with E-state index in [9.17, 15) is 4.79 Å². The van der Waals surface area contributed by atoms with Crippen LogP contribution < -0.4 is 5.73 Å². The Labute approximate surface area is 215 Å². The van der Waals surface area contributed by atoms with E-state index >= 15 is 0 Å². The molecule has 0 fully saturated rings. The van der Waals surface area contributed by atoms with Crippen molar-refractivity contribution in [1.29, 1.82) is 0 Å². The fourth-order valence-corrected chi connectivity index (χ4v) is 2.28. The molecule has 0 atom stereocenters. The maximum absolute atomic E-state index is 10.5. The third-order valence-corrected chi connectivity index (χ3v) is 4.03. The molecule has 0 radical (unpaired) electrons. The summed E-state index contributed by atoms with van der Waals surface area (Å²) in [6.45, 7) is 9.47. The SMILES string of the molecule is C#CCOCCOCCOCCOCCOCCOCCOCCOCCOCCOCCC(N)=O. The van der Waals surface area contributed by atoms with E-state index in [0.717, 1.165) is 0 Å². The monoisotopic (exact) mass is 523 g/mol. The van der Waals surface area contributed by atoms with Crippen molar-refractivity contribution in [3.8, 4) is 12.3 Å². The number of carbonyl (C=O) groups is 1. The van der Waals surface area contributed by atoms with Gasteiger partial charge in [-0.05, 0) is 0 Å². The molecular formula is C24H45NO11. The van der Waals surface area contributed by atoms with E-state index in [-0.39, 0.29) is 12.3 Å². The topological polar surface area (TPSA) is 135 Å². The summed E-state index contributed by atoms with van der Waals surface area (Å²) < 4.78 is 53.4. The quantitative estimate of drug-likeness (QED) is 0.0944. The van der Waals surface area contributed by atoms with Crippen molar-refractivity contribution < 1.29 is 52.2 Å². The molecule has 0 rings (SSSR count). The molecule has 12 heteroatoms. The van der Waals surface area contributed by atoms with Crippen LogP contribution in [0, 0.1) is 12.3 Å². The fraction of sp³-hybridized carbons (Fsp3) is 0.875. The van der Waals surface area contributed by atoms with E-state index in [0.29, 0.717) is 132 Å². The highest BCUT2D eigenvalue weighted by molar-refractivity contribution is 5.73. The number of ether oxygens (including phenoxy) is 10. The van der Waals surface area contributed by atoms with Gasteiger partial charge >= 0.3 is 0 Å². The average molecular weight is 524 g/mol. The molecule has 0 unspecified atom stereocenters. The zero-order chi connectivity index (χ0) is 26.2. The molecule has 0 bridgehead atoms. The molecule has 12 nitrogen and oxygen atoms in total. The molecule has 0 aliphatic heterocycles. The van der Waals surface area contributed by atoms with Crippen LogP contribution in [0.3, 0.4) is 0 Å². The number of rotatable bonds is 31. The van der Waals surface area contributed by atoms with Crippen LogP contribution in [-0.2, 0) is 52.2 Å². The van der Waals surface area contributed by atoms with Gasteiger partial charge in [-0.3, -0.25) is 4.79 Å². The molecule has 212 valence electrons. The van der Waals surface area contributed by atoms with E-state index in [4.69, 9.17) is 59.5 Å². The van der Waals surface area contributed by atoms with Gasteiger partial charge in [-0.1, -0.05) is 5.92 Å². The van der Waals surface area contributed by atoms with Gasteiger partial charge in [-0.2, -0.15) is 0 Å². The third kappa shape index (κ3) is 32.6. The van der Waals surface area contributed by atoms with Crippen LogP contribution in [0.2, 0.25) is 0 Å². The molecule has 0 saturated heterocycles. The molecule has 36 heavy (non-hydrogen) atoms. The van der Waals surface area contributed by atoms with Crippen LogP contribution in [0.4, 0.5) is 0 Å². The number of terminal acetylenes is 1. The summed E-state index contributed by atoms with van der Waals surface area (Å²) in [6, 6.07) is 0. The molecular weight excluding hydrogens is 478 g/mol. The Hall–Kier alpha value is -1.37. The van der Waals surface area contributed by atoms with Gasteiger partial charge in [0.2, 0.25) is 5.91 Å². The first-order chi connectivity index (χ1) is 17.8. The molecule has 0 aromatic heterocycles. The number of amides is 1. The molecule has 1 amide bonds. The summed E-state index contributed by atoms with van der Waals surface area (Å²) in [5, 5.41) is 0. The summed E-state index contributed by atoms with van der Waals surface area (Å²) in [7, 11) is 0. The lowest BCUT2D eigenvalue weighted by molar-refractivity contribution is -0.119. The zero-order valence-electron chi connectivity index (χ0n) is 21.5. The summed E-state index contributed by atoms with van der Waals surface area (Å²) in [6.07, 6.45) is 5.29. The predicted octanol–water partition coefficient (Wildman–Crippen LogP) is -0.339. The lowest BCUT2D eigenvalue weighted by atomic mass is 10.4. The molecule has 0 spiro atoms. The van der Waals surface area contributed by atoms with E-state index < -0.39 is 0 Å². The van der Waals surface area contributed by atoms with Gasteiger partial charge in [-0.25, -0.2) is 0 Å². The lowest BCUT2D eigenvalue weighted by Crippen LogP contribution is -2.16. The maximum Gasteiger partial charge on any atom is 0.219 e. The summed E-state index contributed by atoms with van der Waals surface area (Å²) in [4.78, 5) is 10.5. The van der Waals surface area contributed by atoms with Crippen molar-refractivity contribution in [2.24, 2.45) is 5.73 Å². The van der Waals surface area contributed by atoms with Gasteiger partial charge in [0.1, 0.15) is 6.61 Å². The van der Waals surface area contributed by atoms with E-state index in [1.807, 2.05) is 0 Å². The number of hydrogen-bond donors (Lipinski definition) is 1. The van der Waals surface area contributed by atoms with E-state index in [1.54, 1.807) is 0 Å². The highest BCUT2D eigenvalue weighted by atomic mass is 16.6. The van der Waals surface area contributed by atoms with Crippen LogP contribution in [0.5, 0.6) is 0 Å². The highest BCUT2D eigenvalue weighted by Gasteiger charge is 1.96. The second kappa shape index (κ2) is 31.7. The molecule has 2 N–H and O–H groups in total. The van der Waals surface area contributed by atoms with Gasteiger partial charge in [0.15, 0.2) is 0 Å². The molecule has 0 aliphatic rings. The number of primary amides is 1. The van der Waals surface area contributed by atoms with Gasteiger partial charge in [0, 0.05) is 6.42 Å². The fourth-order valence-electron chi connectivity index (χ4n) is 2.28. The van der Waals surface area contributed by atoms with Gasteiger partial charge < -0.3 is 53.1 Å². The van der Waals surface area contributed by atoms with Gasteiger partial charge in [-0.15, -0.1) is 6.42 Å². The average Bonchev–Trinajstić information content (AvgIpc) is 2.87. The number of carbonyl (C=O) groups excluding carboxylic acids is 1. The smallest absolute Gasteiger partial charge is 0.219 e. The molecule has 0 aromatic rings. The first-order valence-corrected chi connectivity index (χ1v) is 12.3. The van der Waals surface area contributed by atoms with Crippen LogP contribution >= 0.6 is 0 Å². The number of nitrogens with two attached hydrogens (primary N) is 1. The molecule has 0 saturated carbocycles. The Morgan fingerprint density at radius 3 is 0.889 bits per heavy atom. The molecule has 0 heterocycles. The lowest BCUT2D eigenvalue weighted by Gasteiger charge is -2.09. The van der Waals surface area contributed by atoms with Crippen LogP contribution in [0.15, 0.2) is 0 Å². The third-order valence-electron chi connectivity index (χ3n) is 4.03.